The van der Waals surface area contributed by atoms with Crippen LogP contribution in [0.15, 0.2) is 48.5 Å². The maximum absolute atomic E-state index is 12.2. The van der Waals surface area contributed by atoms with Gasteiger partial charge in [0.15, 0.2) is 0 Å². The SMILES string of the molecule is COc1cccc(C(=O)NCc2ccc(NC(=O)NC(C)C)cc2)c1. The number of amides is 3. The van der Waals surface area contributed by atoms with Crippen LogP contribution in [0.4, 0.5) is 10.5 Å². The molecule has 0 saturated heterocycles. The average Bonchev–Trinajstić information content (AvgIpc) is 2.60. The number of rotatable bonds is 6. The van der Waals surface area contributed by atoms with Gasteiger partial charge in [-0.25, -0.2) is 4.79 Å². The highest BCUT2D eigenvalue weighted by Gasteiger charge is 2.07. The monoisotopic (exact) mass is 341 g/mol. The standard InChI is InChI=1S/C19H23N3O3/c1-13(2)21-19(24)22-16-9-7-14(8-10-16)12-20-18(23)15-5-4-6-17(11-15)25-3/h4-11,13H,12H2,1-3H3,(H,20,23)(H2,21,22,24). The predicted molar refractivity (Wildman–Crippen MR) is 97.9 cm³/mol. The highest BCUT2D eigenvalue weighted by atomic mass is 16.5. The van der Waals surface area contributed by atoms with Gasteiger partial charge in [-0.1, -0.05) is 18.2 Å². The summed E-state index contributed by atoms with van der Waals surface area (Å²) in [5, 5.41) is 8.37. The number of carbonyl (C=O) groups is 2. The largest absolute Gasteiger partial charge is 0.497 e. The van der Waals surface area contributed by atoms with E-state index < -0.39 is 0 Å². The minimum absolute atomic E-state index is 0.0751. The van der Waals surface area contributed by atoms with Crippen LogP contribution in [-0.2, 0) is 6.54 Å². The van der Waals surface area contributed by atoms with Gasteiger partial charge in [0, 0.05) is 23.8 Å². The second kappa shape index (κ2) is 8.73. The molecule has 0 aliphatic carbocycles. The molecule has 0 radical (unpaired) electrons. The maximum atomic E-state index is 12.2. The Morgan fingerprint density at radius 2 is 1.80 bits per heavy atom. The van der Waals surface area contributed by atoms with Crippen LogP contribution in [0.2, 0.25) is 0 Å². The Kier molecular flexibility index (Phi) is 6.39. The molecule has 0 bridgehead atoms. The van der Waals surface area contributed by atoms with Crippen LogP contribution in [0.25, 0.3) is 0 Å². The first-order valence-electron chi connectivity index (χ1n) is 8.06. The molecule has 6 heteroatoms. The van der Waals surface area contributed by atoms with Crippen molar-refractivity contribution >= 4 is 17.6 Å². The summed E-state index contributed by atoms with van der Waals surface area (Å²) in [6.07, 6.45) is 0. The van der Waals surface area contributed by atoms with Gasteiger partial charge in [-0.05, 0) is 49.7 Å². The van der Waals surface area contributed by atoms with Crippen molar-refractivity contribution in [2.45, 2.75) is 26.4 Å². The molecule has 3 amide bonds. The van der Waals surface area contributed by atoms with E-state index in [2.05, 4.69) is 16.0 Å². The molecule has 132 valence electrons. The number of urea groups is 1. The molecule has 2 aromatic carbocycles. The third-order valence-electron chi connectivity index (χ3n) is 3.42. The quantitative estimate of drug-likeness (QED) is 0.755. The van der Waals surface area contributed by atoms with Gasteiger partial charge in [-0.3, -0.25) is 4.79 Å². The number of benzene rings is 2. The van der Waals surface area contributed by atoms with E-state index in [4.69, 9.17) is 4.74 Å². The summed E-state index contributed by atoms with van der Waals surface area (Å²) in [5.74, 6) is 0.472. The molecule has 25 heavy (non-hydrogen) atoms. The van der Waals surface area contributed by atoms with E-state index in [-0.39, 0.29) is 18.0 Å². The number of ether oxygens (including phenoxy) is 1. The average molecular weight is 341 g/mol. The first-order valence-corrected chi connectivity index (χ1v) is 8.06. The lowest BCUT2D eigenvalue weighted by atomic mass is 10.1. The molecule has 0 heterocycles. The Balaban J connectivity index is 1.88. The van der Waals surface area contributed by atoms with Crippen molar-refractivity contribution in [2.75, 3.05) is 12.4 Å². The van der Waals surface area contributed by atoms with Gasteiger partial charge in [-0.2, -0.15) is 0 Å². The van der Waals surface area contributed by atoms with Crippen LogP contribution in [0.5, 0.6) is 5.75 Å². The number of anilines is 1. The Morgan fingerprint density at radius 3 is 2.44 bits per heavy atom. The zero-order valence-electron chi connectivity index (χ0n) is 14.6. The summed E-state index contributed by atoms with van der Waals surface area (Å²) in [6.45, 7) is 4.19. The first-order chi connectivity index (χ1) is 12.0. The summed E-state index contributed by atoms with van der Waals surface area (Å²) < 4.78 is 5.12. The fraction of sp³-hybridized carbons (Fsp3) is 0.263. The van der Waals surface area contributed by atoms with Crippen LogP contribution in [0, 0.1) is 0 Å². The van der Waals surface area contributed by atoms with Crippen molar-refractivity contribution in [1.82, 2.24) is 10.6 Å². The molecular formula is C19H23N3O3. The molecule has 0 spiro atoms. The van der Waals surface area contributed by atoms with E-state index in [1.54, 1.807) is 43.5 Å². The molecule has 0 atom stereocenters. The van der Waals surface area contributed by atoms with E-state index in [0.29, 0.717) is 23.5 Å². The zero-order chi connectivity index (χ0) is 18.2. The van der Waals surface area contributed by atoms with Crippen molar-refractivity contribution in [3.8, 4) is 5.75 Å². The smallest absolute Gasteiger partial charge is 0.319 e. The summed E-state index contributed by atoms with van der Waals surface area (Å²) in [6, 6.07) is 14.1. The predicted octanol–water partition coefficient (Wildman–Crippen LogP) is 3.16. The van der Waals surface area contributed by atoms with Crippen molar-refractivity contribution in [3.63, 3.8) is 0 Å². The fourth-order valence-electron chi connectivity index (χ4n) is 2.18. The number of hydrogen-bond acceptors (Lipinski definition) is 3. The van der Waals surface area contributed by atoms with Gasteiger partial charge < -0.3 is 20.7 Å². The van der Waals surface area contributed by atoms with Crippen LogP contribution < -0.4 is 20.7 Å². The molecule has 0 aliphatic rings. The minimum Gasteiger partial charge on any atom is -0.497 e. The van der Waals surface area contributed by atoms with Crippen molar-refractivity contribution < 1.29 is 14.3 Å². The lowest BCUT2D eigenvalue weighted by Gasteiger charge is -2.11. The Labute approximate surface area is 147 Å². The van der Waals surface area contributed by atoms with Gasteiger partial charge in [0.2, 0.25) is 0 Å². The fourth-order valence-corrected chi connectivity index (χ4v) is 2.18. The molecule has 0 aromatic heterocycles. The number of carbonyl (C=O) groups excluding carboxylic acids is 2. The van der Waals surface area contributed by atoms with Crippen molar-refractivity contribution in [1.29, 1.82) is 0 Å². The molecule has 0 aliphatic heterocycles. The molecule has 0 unspecified atom stereocenters. The topological polar surface area (TPSA) is 79.5 Å². The third kappa shape index (κ3) is 5.84. The third-order valence-corrected chi connectivity index (χ3v) is 3.42. The van der Waals surface area contributed by atoms with Crippen LogP contribution in [0.3, 0.4) is 0 Å². The van der Waals surface area contributed by atoms with E-state index in [9.17, 15) is 9.59 Å². The first kappa shape index (κ1) is 18.3. The molecule has 2 aromatic rings. The Hall–Kier alpha value is -3.02. The van der Waals surface area contributed by atoms with Crippen LogP contribution in [-0.4, -0.2) is 25.1 Å². The number of nitrogens with one attached hydrogen (secondary N) is 3. The number of methoxy groups -OCH3 is 1. The van der Waals surface area contributed by atoms with Gasteiger partial charge in [0.25, 0.3) is 5.91 Å². The van der Waals surface area contributed by atoms with Crippen molar-refractivity contribution in [2.24, 2.45) is 0 Å². The zero-order valence-corrected chi connectivity index (χ0v) is 14.6. The number of hydrogen-bond donors (Lipinski definition) is 3. The Bertz CT molecular complexity index is 727. The lowest BCUT2D eigenvalue weighted by molar-refractivity contribution is 0.0950. The summed E-state index contributed by atoms with van der Waals surface area (Å²) in [7, 11) is 1.56. The highest BCUT2D eigenvalue weighted by Crippen LogP contribution is 2.13. The highest BCUT2D eigenvalue weighted by molar-refractivity contribution is 5.94. The second-order valence-corrected chi connectivity index (χ2v) is 5.86. The van der Waals surface area contributed by atoms with E-state index in [1.807, 2.05) is 26.0 Å². The van der Waals surface area contributed by atoms with Crippen LogP contribution >= 0.6 is 0 Å². The molecule has 3 N–H and O–H groups in total. The summed E-state index contributed by atoms with van der Waals surface area (Å²) >= 11 is 0. The molecule has 0 saturated carbocycles. The van der Waals surface area contributed by atoms with E-state index >= 15 is 0 Å². The molecule has 2 rings (SSSR count). The normalized spacial score (nSPS) is 10.2. The van der Waals surface area contributed by atoms with E-state index in [0.717, 1.165) is 5.56 Å². The lowest BCUT2D eigenvalue weighted by Crippen LogP contribution is -2.34. The summed E-state index contributed by atoms with van der Waals surface area (Å²) in [5.41, 5.74) is 2.18. The second-order valence-electron chi connectivity index (χ2n) is 5.86. The van der Waals surface area contributed by atoms with Crippen molar-refractivity contribution in [3.05, 3.63) is 59.7 Å². The van der Waals surface area contributed by atoms with Gasteiger partial charge in [-0.15, -0.1) is 0 Å². The van der Waals surface area contributed by atoms with Gasteiger partial charge >= 0.3 is 6.03 Å². The maximum Gasteiger partial charge on any atom is 0.319 e. The van der Waals surface area contributed by atoms with Gasteiger partial charge in [0.05, 0.1) is 7.11 Å². The Morgan fingerprint density at radius 1 is 1.08 bits per heavy atom. The molecule has 0 fully saturated rings. The van der Waals surface area contributed by atoms with Gasteiger partial charge in [0.1, 0.15) is 5.75 Å². The molecular weight excluding hydrogens is 318 g/mol. The minimum atomic E-state index is -0.242. The van der Waals surface area contributed by atoms with E-state index in [1.165, 1.54) is 0 Å². The molecule has 6 nitrogen and oxygen atoms in total. The summed E-state index contributed by atoms with van der Waals surface area (Å²) in [4.78, 5) is 23.8. The van der Waals surface area contributed by atoms with Crippen LogP contribution in [0.1, 0.15) is 29.8 Å².